The maximum atomic E-state index is 12.6. The molecule has 1 aliphatic heterocycles. The van der Waals surface area contributed by atoms with E-state index in [0.29, 0.717) is 34.4 Å². The maximum Gasteiger partial charge on any atom is 0.317 e. The molecule has 1 amide bonds. The first-order valence-corrected chi connectivity index (χ1v) is 9.41. The van der Waals surface area contributed by atoms with Gasteiger partial charge in [0.15, 0.2) is 5.92 Å². The zero-order chi connectivity index (χ0) is 20.0. The Balaban J connectivity index is 1.97. The number of rotatable bonds is 9. The van der Waals surface area contributed by atoms with Crippen LogP contribution in [0.2, 0.25) is 0 Å². The molecule has 1 aromatic carbocycles. The van der Waals surface area contributed by atoms with Crippen LogP contribution in [0, 0.1) is 5.92 Å². The average molecular weight is 409 g/mol. The minimum atomic E-state index is -1.43. The Hall–Kier alpha value is -2.39. The summed E-state index contributed by atoms with van der Waals surface area (Å²) in [6, 6.07) is 7.32. The van der Waals surface area contributed by atoms with Crippen LogP contribution in [0.1, 0.15) is 24.8 Å². The molecule has 0 saturated carbocycles. The van der Waals surface area contributed by atoms with Gasteiger partial charge in [0.1, 0.15) is 10.1 Å². The molecule has 9 heteroatoms. The Labute approximate surface area is 166 Å². The topological polar surface area (TPSA) is 104 Å². The molecule has 7 nitrogen and oxygen atoms in total. The molecular formula is C18H19NO6S2. The van der Waals surface area contributed by atoms with E-state index in [-0.39, 0.29) is 12.3 Å². The first-order valence-electron chi connectivity index (χ1n) is 8.19. The molecule has 144 valence electrons. The van der Waals surface area contributed by atoms with E-state index in [0.717, 1.165) is 5.56 Å². The minimum absolute atomic E-state index is 0.0104. The highest BCUT2D eigenvalue weighted by Gasteiger charge is 2.32. The van der Waals surface area contributed by atoms with Crippen LogP contribution in [-0.2, 0) is 14.4 Å². The highest BCUT2D eigenvalue weighted by molar-refractivity contribution is 8.26. The Bertz CT molecular complexity index is 778. The number of carbonyl (C=O) groups is 3. The van der Waals surface area contributed by atoms with Crippen molar-refractivity contribution in [2.75, 3.05) is 13.7 Å². The highest BCUT2D eigenvalue weighted by atomic mass is 32.2. The first-order chi connectivity index (χ1) is 12.8. The molecule has 0 aliphatic carbocycles. The molecule has 2 rings (SSSR count). The van der Waals surface area contributed by atoms with Crippen molar-refractivity contribution in [3.05, 3.63) is 34.7 Å². The number of carboxylic acid groups (broad SMARTS) is 2. The third-order valence-corrected chi connectivity index (χ3v) is 5.40. The Morgan fingerprint density at radius 2 is 1.93 bits per heavy atom. The molecule has 0 spiro atoms. The number of thiocarbonyl (C=S) groups is 1. The number of para-hydroxylation sites is 1. The van der Waals surface area contributed by atoms with Gasteiger partial charge in [0.25, 0.3) is 5.91 Å². The van der Waals surface area contributed by atoms with Crippen molar-refractivity contribution < 1.29 is 29.3 Å². The average Bonchev–Trinajstić information content (AvgIpc) is 2.88. The van der Waals surface area contributed by atoms with Gasteiger partial charge in [-0.25, -0.2) is 0 Å². The Kier molecular flexibility index (Phi) is 7.37. The molecule has 0 atom stereocenters. The lowest BCUT2D eigenvalue weighted by atomic mass is 10.0. The second kappa shape index (κ2) is 9.52. The summed E-state index contributed by atoms with van der Waals surface area (Å²) in [7, 11) is 1.55. The summed E-state index contributed by atoms with van der Waals surface area (Å²) in [5, 5.41) is 17.7. The number of ether oxygens (including phenoxy) is 1. The number of benzene rings is 1. The number of amides is 1. The van der Waals surface area contributed by atoms with Crippen LogP contribution in [0.5, 0.6) is 5.75 Å². The van der Waals surface area contributed by atoms with Crippen molar-refractivity contribution in [2.45, 2.75) is 19.3 Å². The van der Waals surface area contributed by atoms with Gasteiger partial charge in [-0.3, -0.25) is 19.3 Å². The van der Waals surface area contributed by atoms with E-state index < -0.39 is 17.9 Å². The van der Waals surface area contributed by atoms with Crippen LogP contribution < -0.4 is 4.74 Å². The molecule has 1 aromatic rings. The van der Waals surface area contributed by atoms with E-state index in [4.69, 9.17) is 27.2 Å². The molecule has 27 heavy (non-hydrogen) atoms. The van der Waals surface area contributed by atoms with E-state index in [9.17, 15) is 14.4 Å². The number of carboxylic acids is 2. The number of methoxy groups -OCH3 is 1. The van der Waals surface area contributed by atoms with E-state index in [2.05, 4.69) is 0 Å². The van der Waals surface area contributed by atoms with Crippen LogP contribution in [-0.4, -0.2) is 50.9 Å². The smallest absolute Gasteiger partial charge is 0.317 e. The summed E-state index contributed by atoms with van der Waals surface area (Å²) in [5.74, 6) is -3.71. The lowest BCUT2D eigenvalue weighted by molar-refractivity contribution is -0.154. The zero-order valence-corrected chi connectivity index (χ0v) is 16.2. The van der Waals surface area contributed by atoms with Crippen LogP contribution in [0.3, 0.4) is 0 Å². The van der Waals surface area contributed by atoms with Crippen molar-refractivity contribution in [2.24, 2.45) is 5.92 Å². The number of aliphatic carboxylic acids is 2. The SMILES string of the molecule is COc1ccccc1C=C1SC(=S)N(CCCCC(C(=O)O)C(=O)O)C1=O. The lowest BCUT2D eigenvalue weighted by Crippen LogP contribution is -2.29. The molecule has 2 N–H and O–H groups in total. The lowest BCUT2D eigenvalue weighted by Gasteiger charge is -2.14. The normalized spacial score (nSPS) is 15.6. The second-order valence-corrected chi connectivity index (χ2v) is 7.48. The standard InChI is InChI=1S/C18H19NO6S2/c1-25-13-8-3-2-6-11(13)10-14-15(20)19(18(26)27-14)9-5-4-7-12(16(21)22)17(23)24/h2-3,6,8,10,12H,4-5,7,9H2,1H3,(H,21,22)(H,23,24). The number of nitrogens with zero attached hydrogens (tertiary/aromatic N) is 1. The third kappa shape index (κ3) is 5.30. The fourth-order valence-electron chi connectivity index (χ4n) is 2.59. The molecule has 1 heterocycles. The fourth-order valence-corrected chi connectivity index (χ4v) is 3.89. The molecular weight excluding hydrogens is 390 g/mol. The number of thioether (sulfide) groups is 1. The van der Waals surface area contributed by atoms with Crippen LogP contribution in [0.4, 0.5) is 0 Å². The van der Waals surface area contributed by atoms with Crippen molar-refractivity contribution in [1.29, 1.82) is 0 Å². The van der Waals surface area contributed by atoms with Crippen molar-refractivity contribution in [1.82, 2.24) is 4.90 Å². The quantitative estimate of drug-likeness (QED) is 0.278. The molecule has 1 fully saturated rings. The van der Waals surface area contributed by atoms with Gasteiger partial charge in [0.2, 0.25) is 0 Å². The van der Waals surface area contributed by atoms with E-state index >= 15 is 0 Å². The van der Waals surface area contributed by atoms with E-state index in [1.54, 1.807) is 19.3 Å². The summed E-state index contributed by atoms with van der Waals surface area (Å²) < 4.78 is 5.70. The van der Waals surface area contributed by atoms with Gasteiger partial charge in [0, 0.05) is 12.1 Å². The number of unbranched alkanes of at least 4 members (excludes halogenated alkanes) is 1. The van der Waals surface area contributed by atoms with Gasteiger partial charge in [0.05, 0.1) is 12.0 Å². The summed E-state index contributed by atoms with van der Waals surface area (Å²) in [5.41, 5.74) is 0.770. The van der Waals surface area contributed by atoms with Crippen LogP contribution in [0.15, 0.2) is 29.2 Å². The fraction of sp³-hybridized carbons (Fsp3) is 0.333. The van der Waals surface area contributed by atoms with Gasteiger partial charge in [-0.2, -0.15) is 0 Å². The molecule has 0 aromatic heterocycles. The van der Waals surface area contributed by atoms with Gasteiger partial charge in [-0.1, -0.05) is 48.6 Å². The van der Waals surface area contributed by atoms with Crippen molar-refractivity contribution in [3.63, 3.8) is 0 Å². The molecule has 1 saturated heterocycles. The molecule has 1 aliphatic rings. The second-order valence-electron chi connectivity index (χ2n) is 5.80. The third-order valence-electron chi connectivity index (χ3n) is 4.02. The summed E-state index contributed by atoms with van der Waals surface area (Å²) in [4.78, 5) is 36.3. The largest absolute Gasteiger partial charge is 0.496 e. The van der Waals surface area contributed by atoms with Crippen LogP contribution in [0.25, 0.3) is 6.08 Å². The van der Waals surface area contributed by atoms with E-state index in [1.165, 1.54) is 16.7 Å². The Morgan fingerprint density at radius 1 is 1.26 bits per heavy atom. The van der Waals surface area contributed by atoms with Gasteiger partial charge in [-0.05, 0) is 25.0 Å². The highest BCUT2D eigenvalue weighted by Crippen LogP contribution is 2.34. The number of carbonyl (C=O) groups excluding carboxylic acids is 1. The van der Waals surface area contributed by atoms with Gasteiger partial charge >= 0.3 is 11.9 Å². The zero-order valence-electron chi connectivity index (χ0n) is 14.6. The molecule has 0 unspecified atom stereocenters. The van der Waals surface area contributed by atoms with E-state index in [1.807, 2.05) is 18.2 Å². The van der Waals surface area contributed by atoms with Gasteiger partial charge < -0.3 is 14.9 Å². The Morgan fingerprint density at radius 3 is 2.56 bits per heavy atom. The van der Waals surface area contributed by atoms with Crippen molar-refractivity contribution in [3.8, 4) is 5.75 Å². The first kappa shape index (κ1) is 20.9. The predicted molar refractivity (Wildman–Crippen MR) is 105 cm³/mol. The minimum Gasteiger partial charge on any atom is -0.496 e. The summed E-state index contributed by atoms with van der Waals surface area (Å²) in [6.45, 7) is 0.319. The maximum absolute atomic E-state index is 12.6. The molecule has 0 radical (unpaired) electrons. The van der Waals surface area contributed by atoms with Gasteiger partial charge in [-0.15, -0.1) is 0 Å². The van der Waals surface area contributed by atoms with Crippen LogP contribution >= 0.6 is 24.0 Å². The molecule has 0 bridgehead atoms. The number of hydrogen-bond donors (Lipinski definition) is 2. The summed E-state index contributed by atoms with van der Waals surface area (Å²) >= 11 is 6.46. The predicted octanol–water partition coefficient (Wildman–Crippen LogP) is 2.85. The summed E-state index contributed by atoms with van der Waals surface area (Å²) in [6.07, 6.45) is 2.57. The number of hydrogen-bond acceptors (Lipinski definition) is 6. The van der Waals surface area contributed by atoms with Crippen molar-refractivity contribution >= 4 is 52.2 Å². The monoisotopic (exact) mass is 409 g/mol.